The Balaban J connectivity index is 1.50. The summed E-state index contributed by atoms with van der Waals surface area (Å²) in [6.07, 6.45) is 2.84. The molecule has 1 unspecified atom stereocenters. The van der Waals surface area contributed by atoms with Crippen LogP contribution in [0.4, 0.5) is 0 Å². The van der Waals surface area contributed by atoms with Crippen LogP contribution in [0.3, 0.4) is 0 Å². The van der Waals surface area contributed by atoms with Crippen LogP contribution in [0.25, 0.3) is 0 Å². The van der Waals surface area contributed by atoms with Gasteiger partial charge in [-0.2, -0.15) is 0 Å². The normalized spacial score (nSPS) is 16.8. The van der Waals surface area contributed by atoms with Crippen molar-refractivity contribution in [2.75, 3.05) is 13.1 Å². The van der Waals surface area contributed by atoms with Crippen LogP contribution in [0.2, 0.25) is 0 Å². The first-order valence-corrected chi connectivity index (χ1v) is 9.29. The van der Waals surface area contributed by atoms with E-state index in [9.17, 15) is 4.79 Å². The molecule has 2 heterocycles. The Labute approximate surface area is 150 Å². The van der Waals surface area contributed by atoms with E-state index in [4.69, 9.17) is 4.42 Å². The maximum atomic E-state index is 12.9. The van der Waals surface area contributed by atoms with E-state index >= 15 is 0 Å². The zero-order valence-electron chi connectivity index (χ0n) is 15.2. The van der Waals surface area contributed by atoms with Gasteiger partial charge in [-0.3, -0.25) is 4.79 Å². The quantitative estimate of drug-likeness (QED) is 0.868. The highest BCUT2D eigenvalue weighted by Gasteiger charge is 2.28. The third kappa shape index (κ3) is 4.51. The van der Waals surface area contributed by atoms with E-state index in [0.717, 1.165) is 56.0 Å². The summed E-state index contributed by atoms with van der Waals surface area (Å²) in [6, 6.07) is 14.6. The van der Waals surface area contributed by atoms with E-state index in [1.54, 1.807) is 0 Å². The second kappa shape index (κ2) is 8.34. The molecule has 3 rings (SSSR count). The summed E-state index contributed by atoms with van der Waals surface area (Å²) >= 11 is 0. The second-order valence-corrected chi connectivity index (χ2v) is 6.86. The molecule has 1 fully saturated rings. The molecule has 1 amide bonds. The molecule has 0 saturated carbocycles. The number of furan rings is 1. The first-order chi connectivity index (χ1) is 12.2. The molecular weight excluding hydrogens is 312 g/mol. The fourth-order valence-electron chi connectivity index (χ4n) is 3.59. The summed E-state index contributed by atoms with van der Waals surface area (Å²) in [4.78, 5) is 14.9. The topological polar surface area (TPSA) is 45.5 Å². The van der Waals surface area contributed by atoms with Gasteiger partial charge in [0.2, 0.25) is 5.91 Å². The van der Waals surface area contributed by atoms with Crippen molar-refractivity contribution >= 4 is 5.91 Å². The molecule has 1 aromatic carbocycles. The molecular formula is C21H28N2O2. The first-order valence-electron chi connectivity index (χ1n) is 9.29. The minimum absolute atomic E-state index is 0.0168. The Bertz CT molecular complexity index is 672. The Morgan fingerprint density at radius 3 is 2.52 bits per heavy atom. The highest BCUT2D eigenvalue weighted by molar-refractivity contribution is 5.83. The Kier molecular flexibility index (Phi) is 5.92. The number of carbonyl (C=O) groups excluding carboxylic acids is 1. The summed E-state index contributed by atoms with van der Waals surface area (Å²) in [6.45, 7) is 6.47. The molecule has 0 bridgehead atoms. The molecule has 1 N–H and O–H groups in total. The van der Waals surface area contributed by atoms with Crippen LogP contribution in [0.15, 0.2) is 46.9 Å². The second-order valence-electron chi connectivity index (χ2n) is 6.86. The van der Waals surface area contributed by atoms with Crippen molar-refractivity contribution in [1.82, 2.24) is 10.2 Å². The van der Waals surface area contributed by atoms with Crippen LogP contribution in [-0.4, -0.2) is 29.9 Å². The molecule has 4 nitrogen and oxygen atoms in total. The molecule has 1 atom stereocenters. The Hall–Kier alpha value is -2.07. The lowest BCUT2D eigenvalue weighted by Gasteiger charge is -2.34. The van der Waals surface area contributed by atoms with E-state index in [-0.39, 0.29) is 11.8 Å². The molecule has 0 spiro atoms. The van der Waals surface area contributed by atoms with Gasteiger partial charge in [-0.05, 0) is 43.9 Å². The van der Waals surface area contributed by atoms with Gasteiger partial charge in [-0.1, -0.05) is 37.3 Å². The highest BCUT2D eigenvalue weighted by atomic mass is 16.3. The van der Waals surface area contributed by atoms with Crippen molar-refractivity contribution < 1.29 is 9.21 Å². The lowest BCUT2D eigenvalue weighted by Crippen LogP contribution is -2.46. The summed E-state index contributed by atoms with van der Waals surface area (Å²) in [5.74, 6) is 2.18. The van der Waals surface area contributed by atoms with Gasteiger partial charge in [-0.15, -0.1) is 0 Å². The molecule has 1 aliphatic rings. The number of likely N-dealkylation sites (tertiary alicyclic amines) is 1. The SMILES string of the molecule is CCC(C(=O)N1CCC(NCc2ccc(C)o2)CC1)c1ccccc1. The lowest BCUT2D eigenvalue weighted by molar-refractivity contribution is -0.134. The Morgan fingerprint density at radius 2 is 1.92 bits per heavy atom. The number of hydrogen-bond acceptors (Lipinski definition) is 3. The zero-order chi connectivity index (χ0) is 17.6. The molecule has 4 heteroatoms. The highest BCUT2D eigenvalue weighted by Crippen LogP contribution is 2.24. The zero-order valence-corrected chi connectivity index (χ0v) is 15.2. The van der Waals surface area contributed by atoms with Gasteiger partial charge < -0.3 is 14.6 Å². The number of aryl methyl sites for hydroxylation is 1. The predicted molar refractivity (Wildman–Crippen MR) is 99.4 cm³/mol. The van der Waals surface area contributed by atoms with Gasteiger partial charge in [0.1, 0.15) is 11.5 Å². The maximum absolute atomic E-state index is 12.9. The van der Waals surface area contributed by atoms with Crippen molar-refractivity contribution in [1.29, 1.82) is 0 Å². The monoisotopic (exact) mass is 340 g/mol. The third-order valence-electron chi connectivity index (χ3n) is 5.08. The fraction of sp³-hybridized carbons (Fsp3) is 0.476. The molecule has 0 aliphatic carbocycles. The number of carbonyl (C=O) groups is 1. The van der Waals surface area contributed by atoms with Crippen molar-refractivity contribution in [2.45, 2.75) is 51.6 Å². The molecule has 0 radical (unpaired) electrons. The van der Waals surface area contributed by atoms with Crippen LogP contribution >= 0.6 is 0 Å². The maximum Gasteiger partial charge on any atom is 0.230 e. The van der Waals surface area contributed by atoms with Crippen LogP contribution in [0.5, 0.6) is 0 Å². The molecule has 25 heavy (non-hydrogen) atoms. The standard InChI is InChI=1S/C21H28N2O2/c1-3-20(17-7-5-4-6-8-17)21(24)23-13-11-18(12-14-23)22-15-19-10-9-16(2)25-19/h4-10,18,20,22H,3,11-15H2,1-2H3. The number of rotatable bonds is 6. The van der Waals surface area contributed by atoms with Crippen LogP contribution in [-0.2, 0) is 11.3 Å². The average molecular weight is 340 g/mol. The molecule has 1 saturated heterocycles. The number of benzene rings is 1. The van der Waals surface area contributed by atoms with Gasteiger partial charge in [0.05, 0.1) is 12.5 Å². The molecule has 1 aliphatic heterocycles. The number of amides is 1. The molecule has 1 aromatic heterocycles. The minimum atomic E-state index is -0.0168. The fourth-order valence-corrected chi connectivity index (χ4v) is 3.59. The number of nitrogens with one attached hydrogen (secondary N) is 1. The van der Waals surface area contributed by atoms with Gasteiger partial charge in [0, 0.05) is 19.1 Å². The van der Waals surface area contributed by atoms with Crippen LogP contribution in [0.1, 0.15) is 49.2 Å². The summed E-state index contributed by atoms with van der Waals surface area (Å²) in [5, 5.41) is 3.55. The van der Waals surface area contributed by atoms with Gasteiger partial charge in [0.15, 0.2) is 0 Å². The van der Waals surface area contributed by atoms with Crippen molar-refractivity contribution in [3.63, 3.8) is 0 Å². The summed E-state index contributed by atoms with van der Waals surface area (Å²) in [7, 11) is 0. The number of piperidine rings is 1. The van der Waals surface area contributed by atoms with Crippen molar-refractivity contribution in [2.24, 2.45) is 0 Å². The summed E-state index contributed by atoms with van der Waals surface area (Å²) < 4.78 is 5.60. The third-order valence-corrected chi connectivity index (χ3v) is 5.08. The van der Waals surface area contributed by atoms with Gasteiger partial charge in [-0.25, -0.2) is 0 Å². The smallest absolute Gasteiger partial charge is 0.230 e. The predicted octanol–water partition coefficient (Wildman–Crippen LogP) is 3.86. The van der Waals surface area contributed by atoms with E-state index in [0.29, 0.717) is 6.04 Å². The van der Waals surface area contributed by atoms with E-state index in [1.165, 1.54) is 0 Å². The van der Waals surface area contributed by atoms with Crippen molar-refractivity contribution in [3.05, 3.63) is 59.5 Å². The average Bonchev–Trinajstić information content (AvgIpc) is 3.07. The molecule has 2 aromatic rings. The van der Waals surface area contributed by atoms with E-state index in [2.05, 4.69) is 24.4 Å². The lowest BCUT2D eigenvalue weighted by atomic mass is 9.93. The number of nitrogens with zero attached hydrogens (tertiary/aromatic N) is 1. The van der Waals surface area contributed by atoms with Gasteiger partial charge in [0.25, 0.3) is 0 Å². The molecule has 134 valence electrons. The van der Waals surface area contributed by atoms with E-state index < -0.39 is 0 Å². The Morgan fingerprint density at radius 1 is 1.20 bits per heavy atom. The van der Waals surface area contributed by atoms with Crippen LogP contribution < -0.4 is 5.32 Å². The van der Waals surface area contributed by atoms with Gasteiger partial charge >= 0.3 is 0 Å². The number of hydrogen-bond donors (Lipinski definition) is 1. The minimum Gasteiger partial charge on any atom is -0.465 e. The largest absolute Gasteiger partial charge is 0.465 e. The van der Waals surface area contributed by atoms with Crippen molar-refractivity contribution in [3.8, 4) is 0 Å². The van der Waals surface area contributed by atoms with E-state index in [1.807, 2.05) is 42.2 Å². The van der Waals surface area contributed by atoms with Crippen LogP contribution in [0, 0.1) is 6.92 Å². The summed E-state index contributed by atoms with van der Waals surface area (Å²) in [5.41, 5.74) is 1.13. The first kappa shape index (κ1) is 17.7.